The van der Waals surface area contributed by atoms with Crippen LogP contribution in [0.15, 0.2) is 4.99 Å². The number of hydrogen-bond acceptors (Lipinski definition) is 1. The maximum Gasteiger partial charge on any atom is 0.0816 e. The molecule has 0 N–H and O–H groups in total. The molecule has 1 atom stereocenters. The Kier molecular flexibility index (Phi) is 5.62. The van der Waals surface area contributed by atoms with Crippen LogP contribution in [0, 0.1) is 0 Å². The average molecular weight is 204 g/mol. The van der Waals surface area contributed by atoms with Crippen molar-refractivity contribution >= 4 is 17.3 Å². The summed E-state index contributed by atoms with van der Waals surface area (Å²) in [5, 5.41) is 0. The van der Waals surface area contributed by atoms with Crippen LogP contribution in [0.3, 0.4) is 0 Å². The van der Waals surface area contributed by atoms with Gasteiger partial charge >= 0.3 is 0 Å². The number of halogens is 1. The summed E-state index contributed by atoms with van der Waals surface area (Å²) in [6.45, 7) is 10.5. The molecule has 0 amide bonds. The van der Waals surface area contributed by atoms with E-state index in [9.17, 15) is 0 Å². The number of hydrogen-bond donors (Lipinski definition) is 0. The molecule has 0 aromatic rings. The second kappa shape index (κ2) is 5.64. The van der Waals surface area contributed by atoms with Gasteiger partial charge in [-0.3, -0.25) is 4.99 Å². The van der Waals surface area contributed by atoms with E-state index in [-0.39, 0.29) is 4.87 Å². The summed E-state index contributed by atoms with van der Waals surface area (Å²) in [6, 6.07) is 0.349. The van der Waals surface area contributed by atoms with Gasteiger partial charge in [-0.05, 0) is 33.6 Å². The summed E-state index contributed by atoms with van der Waals surface area (Å²) in [7, 11) is 0. The number of nitrogens with zero attached hydrogens (tertiary/aromatic N) is 1. The summed E-state index contributed by atoms with van der Waals surface area (Å²) in [6.07, 6.45) is 3.10. The van der Waals surface area contributed by atoms with Crippen LogP contribution in [-0.2, 0) is 0 Å². The van der Waals surface area contributed by atoms with Crippen LogP contribution in [-0.4, -0.2) is 16.6 Å². The molecule has 0 saturated heterocycles. The summed E-state index contributed by atoms with van der Waals surface area (Å²) < 4.78 is 0. The van der Waals surface area contributed by atoms with Crippen molar-refractivity contribution in [3.05, 3.63) is 0 Å². The molecule has 0 aromatic carbocycles. The molecule has 0 aliphatic rings. The third-order valence-electron chi connectivity index (χ3n) is 2.31. The Labute approximate surface area is 87.6 Å². The molecule has 0 spiro atoms. The molecule has 0 fully saturated rings. The van der Waals surface area contributed by atoms with Crippen LogP contribution in [0.25, 0.3) is 0 Å². The minimum atomic E-state index is -0.195. The summed E-state index contributed by atoms with van der Waals surface area (Å²) in [4.78, 5) is 4.33. The minimum absolute atomic E-state index is 0.195. The predicted octanol–water partition coefficient (Wildman–Crippen LogP) is 4.04. The van der Waals surface area contributed by atoms with Crippen molar-refractivity contribution < 1.29 is 0 Å². The van der Waals surface area contributed by atoms with Gasteiger partial charge in [-0.2, -0.15) is 0 Å². The zero-order chi connectivity index (χ0) is 10.5. The molecule has 1 nitrogen and oxygen atoms in total. The standard InChI is InChI=1S/C11H22ClN/c1-6-8-11(12,7-2)10(5)13-9(3)4/h9H,6-8H2,1-5H3. The molecular formula is C11H22ClN. The molecule has 0 bridgehead atoms. The number of aliphatic imine (C=N–C) groups is 1. The first kappa shape index (κ1) is 13.0. The SMILES string of the molecule is CCCC(Cl)(CC)C(C)=NC(C)C. The van der Waals surface area contributed by atoms with E-state index in [0.29, 0.717) is 6.04 Å². The minimum Gasteiger partial charge on any atom is -0.290 e. The van der Waals surface area contributed by atoms with E-state index in [1.54, 1.807) is 0 Å². The van der Waals surface area contributed by atoms with E-state index < -0.39 is 0 Å². The number of rotatable bonds is 5. The number of alkyl halides is 1. The lowest BCUT2D eigenvalue weighted by molar-refractivity contribution is 0.621. The fourth-order valence-corrected chi connectivity index (χ4v) is 1.75. The van der Waals surface area contributed by atoms with Gasteiger partial charge in [0.25, 0.3) is 0 Å². The van der Waals surface area contributed by atoms with Crippen molar-refractivity contribution in [3.8, 4) is 0 Å². The van der Waals surface area contributed by atoms with E-state index in [0.717, 1.165) is 25.0 Å². The van der Waals surface area contributed by atoms with Gasteiger partial charge in [0, 0.05) is 11.8 Å². The highest BCUT2D eigenvalue weighted by atomic mass is 35.5. The molecule has 0 aliphatic carbocycles. The van der Waals surface area contributed by atoms with Crippen LogP contribution < -0.4 is 0 Å². The van der Waals surface area contributed by atoms with Gasteiger partial charge in [0.15, 0.2) is 0 Å². The molecule has 78 valence electrons. The molecular weight excluding hydrogens is 182 g/mol. The third-order valence-corrected chi connectivity index (χ3v) is 3.04. The van der Waals surface area contributed by atoms with Crippen molar-refractivity contribution in [2.45, 2.75) is 64.8 Å². The normalized spacial score (nSPS) is 17.6. The lowest BCUT2D eigenvalue weighted by atomic mass is 9.94. The van der Waals surface area contributed by atoms with Gasteiger partial charge in [-0.15, -0.1) is 11.6 Å². The second-order valence-electron chi connectivity index (χ2n) is 3.88. The van der Waals surface area contributed by atoms with Crippen molar-refractivity contribution in [3.63, 3.8) is 0 Å². The molecule has 0 rings (SSSR count). The fourth-order valence-electron chi connectivity index (χ4n) is 1.51. The molecule has 13 heavy (non-hydrogen) atoms. The van der Waals surface area contributed by atoms with E-state index in [2.05, 4.69) is 32.7 Å². The summed E-state index contributed by atoms with van der Waals surface area (Å²) in [5.41, 5.74) is 1.09. The molecule has 0 radical (unpaired) electrons. The zero-order valence-electron chi connectivity index (χ0n) is 9.52. The zero-order valence-corrected chi connectivity index (χ0v) is 10.3. The topological polar surface area (TPSA) is 12.4 Å². The summed E-state index contributed by atoms with van der Waals surface area (Å²) in [5.74, 6) is 0. The lowest BCUT2D eigenvalue weighted by Gasteiger charge is -2.25. The van der Waals surface area contributed by atoms with Crippen LogP contribution in [0.1, 0.15) is 53.9 Å². The molecule has 0 saturated carbocycles. The summed E-state index contributed by atoms with van der Waals surface area (Å²) >= 11 is 6.49. The smallest absolute Gasteiger partial charge is 0.0816 e. The Balaban J connectivity index is 4.54. The van der Waals surface area contributed by atoms with E-state index in [4.69, 9.17) is 11.6 Å². The highest BCUT2D eigenvalue weighted by Gasteiger charge is 2.27. The Morgan fingerprint density at radius 1 is 1.38 bits per heavy atom. The molecule has 0 aliphatic heterocycles. The monoisotopic (exact) mass is 203 g/mol. The van der Waals surface area contributed by atoms with Crippen LogP contribution >= 0.6 is 11.6 Å². The van der Waals surface area contributed by atoms with Crippen molar-refractivity contribution in [2.75, 3.05) is 0 Å². The molecule has 2 heteroatoms. The maximum atomic E-state index is 6.49. The van der Waals surface area contributed by atoms with Gasteiger partial charge in [0.05, 0.1) is 4.87 Å². The van der Waals surface area contributed by atoms with Crippen LogP contribution in [0.5, 0.6) is 0 Å². The quantitative estimate of drug-likeness (QED) is 0.473. The Bertz CT molecular complexity index is 175. The van der Waals surface area contributed by atoms with Crippen molar-refractivity contribution in [1.29, 1.82) is 0 Å². The van der Waals surface area contributed by atoms with Gasteiger partial charge in [-0.1, -0.05) is 20.3 Å². The Morgan fingerprint density at radius 3 is 2.23 bits per heavy atom. The first-order valence-corrected chi connectivity index (χ1v) is 5.57. The predicted molar refractivity (Wildman–Crippen MR) is 62.0 cm³/mol. The maximum absolute atomic E-state index is 6.49. The van der Waals surface area contributed by atoms with E-state index >= 15 is 0 Å². The van der Waals surface area contributed by atoms with Gasteiger partial charge in [-0.25, -0.2) is 0 Å². The van der Waals surface area contributed by atoms with Crippen LogP contribution in [0.2, 0.25) is 0 Å². The highest BCUT2D eigenvalue weighted by molar-refractivity contribution is 6.35. The first-order valence-electron chi connectivity index (χ1n) is 5.20. The van der Waals surface area contributed by atoms with E-state index in [1.165, 1.54) is 0 Å². The van der Waals surface area contributed by atoms with Crippen molar-refractivity contribution in [2.24, 2.45) is 4.99 Å². The first-order chi connectivity index (χ1) is 5.96. The largest absolute Gasteiger partial charge is 0.290 e. The van der Waals surface area contributed by atoms with E-state index in [1.807, 2.05) is 6.92 Å². The van der Waals surface area contributed by atoms with Gasteiger partial charge < -0.3 is 0 Å². The average Bonchev–Trinajstić information content (AvgIpc) is 2.03. The fraction of sp³-hybridized carbons (Fsp3) is 0.909. The molecule has 1 unspecified atom stereocenters. The Morgan fingerprint density at radius 2 is 1.92 bits per heavy atom. The Hall–Kier alpha value is -0.0400. The third kappa shape index (κ3) is 4.12. The molecule has 0 heterocycles. The second-order valence-corrected chi connectivity index (χ2v) is 4.60. The van der Waals surface area contributed by atoms with Gasteiger partial charge in [0.2, 0.25) is 0 Å². The lowest BCUT2D eigenvalue weighted by Crippen LogP contribution is -2.30. The van der Waals surface area contributed by atoms with Crippen molar-refractivity contribution in [1.82, 2.24) is 0 Å². The van der Waals surface area contributed by atoms with Crippen LogP contribution in [0.4, 0.5) is 0 Å². The highest BCUT2D eigenvalue weighted by Crippen LogP contribution is 2.27. The van der Waals surface area contributed by atoms with Gasteiger partial charge in [0.1, 0.15) is 0 Å². The molecule has 0 aromatic heterocycles.